The number of nitrogens with zero attached hydrogens (tertiary/aromatic N) is 3. The molecule has 0 aliphatic rings. The van der Waals surface area contributed by atoms with Gasteiger partial charge in [-0.15, -0.1) is 0 Å². The zero-order valence-corrected chi connectivity index (χ0v) is 14.1. The van der Waals surface area contributed by atoms with Gasteiger partial charge in [-0.05, 0) is 49.2 Å². The van der Waals surface area contributed by atoms with Crippen molar-refractivity contribution in [3.05, 3.63) is 53.9 Å². The van der Waals surface area contributed by atoms with Gasteiger partial charge in [0, 0.05) is 30.7 Å². The van der Waals surface area contributed by atoms with E-state index in [1.807, 2.05) is 12.1 Å². The zero-order valence-electron chi connectivity index (χ0n) is 14.1. The van der Waals surface area contributed by atoms with E-state index in [1.165, 1.54) is 0 Å². The lowest BCUT2D eigenvalue weighted by Gasteiger charge is -2.23. The number of anilines is 2. The molecule has 0 radical (unpaired) electrons. The molecule has 0 unspecified atom stereocenters. The van der Waals surface area contributed by atoms with Gasteiger partial charge in [0.2, 0.25) is 0 Å². The van der Waals surface area contributed by atoms with E-state index in [1.54, 1.807) is 30.5 Å². The van der Waals surface area contributed by atoms with Crippen molar-refractivity contribution in [1.29, 1.82) is 5.26 Å². The van der Waals surface area contributed by atoms with Crippen LogP contribution in [-0.4, -0.2) is 24.0 Å². The fraction of sp³-hybridized carbons (Fsp3) is 0.316. The number of hydrogen-bond donors (Lipinski definition) is 1. The highest BCUT2D eigenvalue weighted by molar-refractivity contribution is 6.03. The largest absolute Gasteiger partial charge is 0.371 e. The van der Waals surface area contributed by atoms with E-state index in [4.69, 9.17) is 5.26 Å². The Bertz CT molecular complexity index is 713. The number of rotatable bonds is 7. The summed E-state index contributed by atoms with van der Waals surface area (Å²) < 4.78 is 0. The molecule has 0 saturated carbocycles. The normalized spacial score (nSPS) is 10.0. The Morgan fingerprint density at radius 3 is 2.42 bits per heavy atom. The van der Waals surface area contributed by atoms with Crippen molar-refractivity contribution in [2.45, 2.75) is 26.7 Å². The third-order valence-electron chi connectivity index (χ3n) is 3.60. The fourth-order valence-electron chi connectivity index (χ4n) is 2.47. The summed E-state index contributed by atoms with van der Waals surface area (Å²) >= 11 is 0. The molecule has 0 spiro atoms. The van der Waals surface area contributed by atoms with Crippen LogP contribution in [0.5, 0.6) is 0 Å². The minimum Gasteiger partial charge on any atom is -0.371 e. The number of pyridine rings is 1. The molecule has 0 saturated heterocycles. The van der Waals surface area contributed by atoms with Crippen LogP contribution >= 0.6 is 0 Å². The van der Waals surface area contributed by atoms with Crippen molar-refractivity contribution in [1.82, 2.24) is 4.98 Å². The van der Waals surface area contributed by atoms with Crippen LogP contribution < -0.4 is 10.2 Å². The average Bonchev–Trinajstić information content (AvgIpc) is 2.62. The summed E-state index contributed by atoms with van der Waals surface area (Å²) in [7, 11) is 0. The summed E-state index contributed by atoms with van der Waals surface area (Å²) in [5.74, 6) is -0.255. The molecular weight excluding hydrogens is 300 g/mol. The van der Waals surface area contributed by atoms with Crippen LogP contribution in [0.25, 0.3) is 0 Å². The lowest BCUT2D eigenvalue weighted by Crippen LogP contribution is -2.25. The summed E-state index contributed by atoms with van der Waals surface area (Å²) in [6.07, 6.45) is 3.77. The molecule has 0 aliphatic carbocycles. The highest BCUT2D eigenvalue weighted by atomic mass is 16.1. The van der Waals surface area contributed by atoms with Crippen LogP contribution in [0.15, 0.2) is 42.6 Å². The molecular formula is C19H22N4O. The van der Waals surface area contributed by atoms with Crippen molar-refractivity contribution in [3.8, 4) is 6.07 Å². The lowest BCUT2D eigenvalue weighted by molar-refractivity contribution is 0.102. The van der Waals surface area contributed by atoms with Gasteiger partial charge in [-0.25, -0.2) is 0 Å². The Balaban J connectivity index is 2.14. The second-order valence-corrected chi connectivity index (χ2v) is 5.53. The van der Waals surface area contributed by atoms with Crippen molar-refractivity contribution >= 4 is 17.3 Å². The monoisotopic (exact) mass is 322 g/mol. The first-order valence-electron chi connectivity index (χ1n) is 8.20. The average molecular weight is 322 g/mol. The molecule has 1 amide bonds. The molecule has 5 heteroatoms. The SMILES string of the molecule is CCCN(CCC)c1ccnc(C(=O)Nc2ccc(C#N)cc2)c1. The van der Waals surface area contributed by atoms with E-state index in [0.29, 0.717) is 16.9 Å². The zero-order chi connectivity index (χ0) is 17.4. The number of hydrogen-bond acceptors (Lipinski definition) is 4. The molecule has 1 aromatic carbocycles. The first-order valence-corrected chi connectivity index (χ1v) is 8.20. The molecule has 124 valence electrons. The maximum Gasteiger partial charge on any atom is 0.274 e. The molecule has 0 atom stereocenters. The standard InChI is InChI=1S/C19H22N4O/c1-3-11-23(12-4-2)17-9-10-21-18(13-17)19(24)22-16-7-5-15(14-20)6-8-16/h5-10,13H,3-4,11-12H2,1-2H3,(H,22,24). The number of nitrogens with one attached hydrogen (secondary N) is 1. The molecule has 0 fully saturated rings. The van der Waals surface area contributed by atoms with Crippen LogP contribution in [-0.2, 0) is 0 Å². The smallest absolute Gasteiger partial charge is 0.274 e. The summed E-state index contributed by atoms with van der Waals surface area (Å²) in [5.41, 5.74) is 2.60. The summed E-state index contributed by atoms with van der Waals surface area (Å²) in [6.45, 7) is 6.19. The third-order valence-corrected chi connectivity index (χ3v) is 3.60. The van der Waals surface area contributed by atoms with E-state index in [-0.39, 0.29) is 5.91 Å². The minimum atomic E-state index is -0.255. The molecule has 2 rings (SSSR count). The van der Waals surface area contributed by atoms with E-state index in [9.17, 15) is 4.79 Å². The van der Waals surface area contributed by atoms with Crippen molar-refractivity contribution in [2.75, 3.05) is 23.3 Å². The predicted octanol–water partition coefficient (Wildman–Crippen LogP) is 3.83. The van der Waals surface area contributed by atoms with Crippen molar-refractivity contribution < 1.29 is 4.79 Å². The van der Waals surface area contributed by atoms with E-state index in [0.717, 1.165) is 31.6 Å². The summed E-state index contributed by atoms with van der Waals surface area (Å²) in [6, 6.07) is 12.6. The molecule has 0 bridgehead atoms. The Morgan fingerprint density at radius 1 is 1.17 bits per heavy atom. The molecule has 24 heavy (non-hydrogen) atoms. The van der Waals surface area contributed by atoms with Crippen LogP contribution in [0.2, 0.25) is 0 Å². The van der Waals surface area contributed by atoms with Gasteiger partial charge in [-0.1, -0.05) is 13.8 Å². The van der Waals surface area contributed by atoms with Gasteiger partial charge in [0.05, 0.1) is 11.6 Å². The van der Waals surface area contributed by atoms with E-state index >= 15 is 0 Å². The quantitative estimate of drug-likeness (QED) is 0.841. The van der Waals surface area contributed by atoms with Gasteiger partial charge in [0.1, 0.15) is 5.69 Å². The third kappa shape index (κ3) is 4.56. The number of carbonyl (C=O) groups excluding carboxylic acids is 1. The highest BCUT2D eigenvalue weighted by Crippen LogP contribution is 2.17. The Hall–Kier alpha value is -2.87. The van der Waals surface area contributed by atoms with Gasteiger partial charge >= 0.3 is 0 Å². The Labute approximate surface area is 142 Å². The Kier molecular flexibility index (Phi) is 6.32. The minimum absolute atomic E-state index is 0.255. The van der Waals surface area contributed by atoms with Crippen LogP contribution in [0.4, 0.5) is 11.4 Å². The van der Waals surface area contributed by atoms with Gasteiger partial charge in [-0.2, -0.15) is 5.26 Å². The van der Waals surface area contributed by atoms with Crippen molar-refractivity contribution in [3.63, 3.8) is 0 Å². The van der Waals surface area contributed by atoms with Crippen molar-refractivity contribution in [2.24, 2.45) is 0 Å². The van der Waals surface area contributed by atoms with Gasteiger partial charge in [0.25, 0.3) is 5.91 Å². The molecule has 1 heterocycles. The van der Waals surface area contributed by atoms with Crippen LogP contribution in [0, 0.1) is 11.3 Å². The van der Waals surface area contributed by atoms with Crippen LogP contribution in [0.3, 0.4) is 0 Å². The maximum absolute atomic E-state index is 12.4. The second kappa shape index (κ2) is 8.68. The maximum atomic E-state index is 12.4. The van der Waals surface area contributed by atoms with Gasteiger partial charge in [-0.3, -0.25) is 9.78 Å². The number of amides is 1. The molecule has 1 aromatic heterocycles. The van der Waals surface area contributed by atoms with Gasteiger partial charge < -0.3 is 10.2 Å². The topological polar surface area (TPSA) is 69.0 Å². The summed E-state index contributed by atoms with van der Waals surface area (Å²) in [4.78, 5) is 18.8. The second-order valence-electron chi connectivity index (χ2n) is 5.53. The van der Waals surface area contributed by atoms with Gasteiger partial charge in [0.15, 0.2) is 0 Å². The van der Waals surface area contributed by atoms with E-state index in [2.05, 4.69) is 35.1 Å². The number of nitriles is 1. The molecule has 5 nitrogen and oxygen atoms in total. The fourth-order valence-corrected chi connectivity index (χ4v) is 2.47. The number of aromatic nitrogens is 1. The predicted molar refractivity (Wildman–Crippen MR) is 96.1 cm³/mol. The molecule has 2 aromatic rings. The lowest BCUT2D eigenvalue weighted by atomic mass is 10.2. The number of carbonyl (C=O) groups is 1. The summed E-state index contributed by atoms with van der Waals surface area (Å²) in [5, 5.41) is 11.6. The molecule has 1 N–H and O–H groups in total. The number of benzene rings is 1. The van der Waals surface area contributed by atoms with Crippen LogP contribution in [0.1, 0.15) is 42.7 Å². The Morgan fingerprint density at radius 2 is 1.83 bits per heavy atom. The van der Waals surface area contributed by atoms with E-state index < -0.39 is 0 Å². The first kappa shape index (κ1) is 17.5. The highest BCUT2D eigenvalue weighted by Gasteiger charge is 2.11. The molecule has 0 aliphatic heterocycles. The first-order chi connectivity index (χ1) is 11.7.